The predicted octanol–water partition coefficient (Wildman–Crippen LogP) is 2.88. The number of hydrogen-bond acceptors (Lipinski definition) is 3. The minimum Gasteiger partial charge on any atom is -0.293 e. The first-order valence-electron chi connectivity index (χ1n) is 6.43. The lowest BCUT2D eigenvalue weighted by Crippen LogP contribution is -2.32. The zero-order valence-corrected chi connectivity index (χ0v) is 13.4. The molecule has 0 heterocycles. The molecule has 0 amide bonds. The molecule has 0 fully saturated rings. The lowest BCUT2D eigenvalue weighted by Gasteiger charge is -2.19. The monoisotopic (exact) mass is 319 g/mol. The number of rotatable bonds is 4. The average molecular weight is 319 g/mol. The maximum Gasteiger partial charge on any atom is 0.243 e. The molecule has 0 bridgehead atoms. The topological polar surface area (TPSA) is 63.2 Å². The Morgan fingerprint density at radius 3 is 2.14 bits per heavy atom. The maximum atomic E-state index is 14.4. The van der Waals surface area contributed by atoms with E-state index in [0.29, 0.717) is 0 Å². The Hall–Kier alpha value is -1.34. The second-order valence-electron chi connectivity index (χ2n) is 6.09. The number of sulfonamides is 1. The summed E-state index contributed by atoms with van der Waals surface area (Å²) in [5.41, 5.74) is -1.86. The van der Waals surface area contributed by atoms with Gasteiger partial charge in [-0.1, -0.05) is 20.8 Å². The molecule has 4 nitrogen and oxygen atoms in total. The van der Waals surface area contributed by atoms with Crippen LogP contribution in [0.4, 0.5) is 8.78 Å². The molecule has 0 unspecified atom stereocenters. The van der Waals surface area contributed by atoms with Crippen LogP contribution in [0.25, 0.3) is 0 Å². The fourth-order valence-corrected chi connectivity index (χ4v) is 3.03. The third kappa shape index (κ3) is 3.85. The predicted molar refractivity (Wildman–Crippen MR) is 75.6 cm³/mol. The number of hydrogen-bond donors (Lipinski definition) is 1. The van der Waals surface area contributed by atoms with Gasteiger partial charge in [0.1, 0.15) is 10.7 Å². The van der Waals surface area contributed by atoms with Crippen molar-refractivity contribution in [2.24, 2.45) is 5.41 Å². The highest BCUT2D eigenvalue weighted by atomic mass is 32.2. The molecule has 1 aromatic rings. The summed E-state index contributed by atoms with van der Waals surface area (Å²) in [6.07, 6.45) is 0. The van der Waals surface area contributed by atoms with Crippen LogP contribution in [0.3, 0.4) is 0 Å². The molecule has 0 radical (unpaired) electrons. The lowest BCUT2D eigenvalue weighted by atomic mass is 9.86. The van der Waals surface area contributed by atoms with Crippen molar-refractivity contribution in [2.75, 3.05) is 0 Å². The van der Waals surface area contributed by atoms with Gasteiger partial charge in [0.15, 0.2) is 11.6 Å². The first-order valence-corrected chi connectivity index (χ1v) is 7.91. The number of carbonyl (C=O) groups is 1. The van der Waals surface area contributed by atoms with E-state index >= 15 is 0 Å². The minimum atomic E-state index is -4.15. The summed E-state index contributed by atoms with van der Waals surface area (Å²) in [6.45, 7) is 7.64. The molecule has 0 spiro atoms. The highest BCUT2D eigenvalue weighted by Gasteiger charge is 2.32. The van der Waals surface area contributed by atoms with Gasteiger partial charge in [-0.2, -0.15) is 0 Å². The molecule has 1 rings (SSSR count). The van der Waals surface area contributed by atoms with E-state index in [1.165, 1.54) is 20.8 Å². The molecular formula is C14H19F2NO3S. The van der Waals surface area contributed by atoms with Crippen LogP contribution in [-0.2, 0) is 10.0 Å². The third-order valence-electron chi connectivity index (χ3n) is 2.64. The van der Waals surface area contributed by atoms with Crippen LogP contribution < -0.4 is 4.72 Å². The maximum absolute atomic E-state index is 14.4. The van der Waals surface area contributed by atoms with Crippen molar-refractivity contribution in [3.63, 3.8) is 0 Å². The standard InChI is InChI=1S/C14H19F2NO3S/c1-8(2)17-21(19,20)10-7-6-9(15)11(12(10)16)13(18)14(3,4)5/h6-8,17H,1-5H3. The number of ketones is 1. The fourth-order valence-electron chi connectivity index (χ4n) is 1.70. The van der Waals surface area contributed by atoms with Crippen molar-refractivity contribution in [2.45, 2.75) is 45.6 Å². The van der Waals surface area contributed by atoms with Crippen LogP contribution in [0.5, 0.6) is 0 Å². The highest BCUT2D eigenvalue weighted by molar-refractivity contribution is 7.89. The molecule has 21 heavy (non-hydrogen) atoms. The number of halogens is 2. The van der Waals surface area contributed by atoms with Gasteiger partial charge < -0.3 is 0 Å². The summed E-state index contributed by atoms with van der Waals surface area (Å²) < 4.78 is 54.4. The van der Waals surface area contributed by atoms with Gasteiger partial charge in [-0.25, -0.2) is 21.9 Å². The molecule has 0 saturated carbocycles. The van der Waals surface area contributed by atoms with Crippen LogP contribution >= 0.6 is 0 Å². The molecule has 0 aliphatic rings. The Morgan fingerprint density at radius 1 is 1.19 bits per heavy atom. The Kier molecular flexibility index (Phi) is 4.90. The van der Waals surface area contributed by atoms with Crippen molar-refractivity contribution in [1.82, 2.24) is 4.72 Å². The number of benzene rings is 1. The number of carbonyl (C=O) groups excluding carboxylic acids is 1. The van der Waals surface area contributed by atoms with Crippen LogP contribution in [0.1, 0.15) is 45.0 Å². The van der Waals surface area contributed by atoms with Gasteiger partial charge in [0, 0.05) is 11.5 Å². The first kappa shape index (κ1) is 17.7. The van der Waals surface area contributed by atoms with E-state index in [2.05, 4.69) is 4.72 Å². The second kappa shape index (κ2) is 5.81. The molecule has 7 heteroatoms. The first-order chi connectivity index (χ1) is 9.38. The van der Waals surface area contributed by atoms with Gasteiger partial charge in [-0.15, -0.1) is 0 Å². The van der Waals surface area contributed by atoms with Crippen LogP contribution in [0.2, 0.25) is 0 Å². The molecule has 1 N–H and O–H groups in total. The van der Waals surface area contributed by atoms with Gasteiger partial charge >= 0.3 is 0 Å². The van der Waals surface area contributed by atoms with Gasteiger partial charge in [0.2, 0.25) is 10.0 Å². The van der Waals surface area contributed by atoms with E-state index in [1.54, 1.807) is 13.8 Å². The second-order valence-corrected chi connectivity index (χ2v) is 7.77. The molecule has 118 valence electrons. The summed E-state index contributed by atoms with van der Waals surface area (Å²) in [4.78, 5) is 11.4. The summed E-state index contributed by atoms with van der Waals surface area (Å²) in [5, 5.41) is 0. The van der Waals surface area contributed by atoms with Crippen molar-refractivity contribution < 1.29 is 22.0 Å². The van der Waals surface area contributed by atoms with Crippen molar-refractivity contribution in [3.05, 3.63) is 29.3 Å². The van der Waals surface area contributed by atoms with Gasteiger partial charge in [0.25, 0.3) is 0 Å². The Morgan fingerprint density at radius 2 is 1.71 bits per heavy atom. The fraction of sp³-hybridized carbons (Fsp3) is 0.500. The van der Waals surface area contributed by atoms with E-state index in [4.69, 9.17) is 0 Å². The van der Waals surface area contributed by atoms with Gasteiger partial charge in [-0.3, -0.25) is 4.79 Å². The Bertz CT molecular complexity index is 662. The smallest absolute Gasteiger partial charge is 0.243 e. The van der Waals surface area contributed by atoms with E-state index < -0.39 is 49.4 Å². The minimum absolute atomic E-state index is 0.457. The zero-order valence-electron chi connectivity index (χ0n) is 12.6. The van der Waals surface area contributed by atoms with Crippen LogP contribution in [0.15, 0.2) is 17.0 Å². The van der Waals surface area contributed by atoms with E-state index in [1.807, 2.05) is 0 Å². The van der Waals surface area contributed by atoms with E-state index in [-0.39, 0.29) is 0 Å². The highest BCUT2D eigenvalue weighted by Crippen LogP contribution is 2.28. The molecular weight excluding hydrogens is 300 g/mol. The molecule has 0 aliphatic heterocycles. The van der Waals surface area contributed by atoms with Crippen molar-refractivity contribution in [3.8, 4) is 0 Å². The molecule has 0 aromatic heterocycles. The molecule has 0 atom stereocenters. The number of Topliss-reactive ketones (excluding diaryl/α,β-unsaturated/α-hetero) is 1. The lowest BCUT2D eigenvalue weighted by molar-refractivity contribution is 0.0848. The summed E-state index contributed by atoms with van der Waals surface area (Å²) in [7, 11) is -4.15. The largest absolute Gasteiger partial charge is 0.293 e. The van der Waals surface area contributed by atoms with Crippen LogP contribution in [-0.4, -0.2) is 20.2 Å². The normalized spacial score (nSPS) is 12.8. The molecule has 0 aliphatic carbocycles. The SMILES string of the molecule is CC(C)NS(=O)(=O)c1ccc(F)c(C(=O)C(C)(C)C)c1F. The van der Waals surface area contributed by atoms with Crippen LogP contribution in [0, 0.1) is 17.0 Å². The molecule has 0 saturated heterocycles. The number of nitrogens with one attached hydrogen (secondary N) is 1. The van der Waals surface area contributed by atoms with Crippen molar-refractivity contribution in [1.29, 1.82) is 0 Å². The van der Waals surface area contributed by atoms with Gasteiger partial charge in [-0.05, 0) is 26.0 Å². The summed E-state index contributed by atoms with van der Waals surface area (Å²) in [6, 6.07) is 1.15. The Labute approximate surface area is 123 Å². The summed E-state index contributed by atoms with van der Waals surface area (Å²) >= 11 is 0. The Balaban J connectivity index is 3.52. The third-order valence-corrected chi connectivity index (χ3v) is 4.32. The summed E-state index contributed by atoms with van der Waals surface area (Å²) in [5.74, 6) is -3.22. The van der Waals surface area contributed by atoms with E-state index in [0.717, 1.165) is 12.1 Å². The van der Waals surface area contributed by atoms with E-state index in [9.17, 15) is 22.0 Å². The molecule has 1 aromatic carbocycles. The van der Waals surface area contributed by atoms with Crippen molar-refractivity contribution >= 4 is 15.8 Å². The quantitative estimate of drug-likeness (QED) is 0.868. The average Bonchev–Trinajstić information content (AvgIpc) is 2.24. The zero-order chi connectivity index (χ0) is 16.6. The van der Waals surface area contributed by atoms with Gasteiger partial charge in [0.05, 0.1) is 5.56 Å².